The van der Waals surface area contributed by atoms with E-state index in [1.54, 1.807) is 0 Å². The highest BCUT2D eigenvalue weighted by molar-refractivity contribution is 5.22. The van der Waals surface area contributed by atoms with Crippen molar-refractivity contribution in [2.45, 2.75) is 45.7 Å². The van der Waals surface area contributed by atoms with E-state index in [2.05, 4.69) is 43.4 Å². The molecular formula is C14H21N. The largest absolute Gasteiger partial charge is 0.310 e. The highest BCUT2D eigenvalue weighted by atomic mass is 14.9. The summed E-state index contributed by atoms with van der Waals surface area (Å²) in [6.07, 6.45) is 4.10. The Morgan fingerprint density at radius 2 is 2.20 bits per heavy atom. The second-order valence-corrected chi connectivity index (χ2v) is 4.99. The van der Waals surface area contributed by atoms with Gasteiger partial charge in [-0.1, -0.05) is 36.8 Å². The van der Waals surface area contributed by atoms with Crippen molar-refractivity contribution in [3.05, 3.63) is 35.4 Å². The Bertz CT molecular complexity index is 319. The van der Waals surface area contributed by atoms with Gasteiger partial charge in [-0.15, -0.1) is 0 Å². The van der Waals surface area contributed by atoms with Gasteiger partial charge in [0.25, 0.3) is 0 Å². The molecule has 82 valence electrons. The zero-order chi connectivity index (χ0) is 10.7. The molecule has 1 saturated carbocycles. The lowest BCUT2D eigenvalue weighted by atomic mass is 10.1. The number of benzene rings is 1. The van der Waals surface area contributed by atoms with Crippen LogP contribution in [0.4, 0.5) is 0 Å². The lowest BCUT2D eigenvalue weighted by Crippen LogP contribution is -2.25. The van der Waals surface area contributed by atoms with Crippen molar-refractivity contribution in [2.75, 3.05) is 0 Å². The summed E-state index contributed by atoms with van der Waals surface area (Å²) in [6.45, 7) is 5.54. The van der Waals surface area contributed by atoms with Crippen molar-refractivity contribution < 1.29 is 0 Å². The first-order chi connectivity index (χ1) is 7.24. The highest BCUT2D eigenvalue weighted by Gasteiger charge is 2.20. The van der Waals surface area contributed by atoms with Crippen molar-refractivity contribution in [3.63, 3.8) is 0 Å². The number of aryl methyl sites for hydroxylation is 1. The normalized spacial score (nSPS) is 25.7. The minimum Gasteiger partial charge on any atom is -0.310 e. The van der Waals surface area contributed by atoms with E-state index in [1.165, 1.54) is 30.4 Å². The van der Waals surface area contributed by atoms with Crippen LogP contribution in [0, 0.1) is 12.8 Å². The Morgan fingerprint density at radius 3 is 2.87 bits per heavy atom. The third kappa shape index (κ3) is 3.07. The van der Waals surface area contributed by atoms with Crippen LogP contribution in [0.25, 0.3) is 0 Å². The van der Waals surface area contributed by atoms with E-state index in [9.17, 15) is 0 Å². The molecule has 0 amide bonds. The summed E-state index contributed by atoms with van der Waals surface area (Å²) in [4.78, 5) is 0. The molecule has 1 aliphatic carbocycles. The first kappa shape index (κ1) is 10.7. The fourth-order valence-corrected chi connectivity index (χ4v) is 2.48. The van der Waals surface area contributed by atoms with Crippen LogP contribution >= 0.6 is 0 Å². The van der Waals surface area contributed by atoms with E-state index < -0.39 is 0 Å². The van der Waals surface area contributed by atoms with Gasteiger partial charge in [-0.3, -0.25) is 0 Å². The number of rotatable bonds is 3. The van der Waals surface area contributed by atoms with E-state index in [-0.39, 0.29) is 0 Å². The van der Waals surface area contributed by atoms with Gasteiger partial charge in [0, 0.05) is 12.6 Å². The second kappa shape index (κ2) is 4.80. The lowest BCUT2D eigenvalue weighted by molar-refractivity contribution is 0.502. The van der Waals surface area contributed by atoms with Crippen LogP contribution in [0.15, 0.2) is 24.3 Å². The Kier molecular flexibility index (Phi) is 3.42. The number of hydrogen-bond donors (Lipinski definition) is 1. The van der Waals surface area contributed by atoms with E-state index in [0.717, 1.165) is 18.5 Å². The minimum absolute atomic E-state index is 0.750. The maximum absolute atomic E-state index is 3.66. The van der Waals surface area contributed by atoms with E-state index in [1.807, 2.05) is 0 Å². The standard InChI is InChI=1S/C14H21N/c1-11-4-3-5-13(8-11)10-15-14-7-6-12(2)9-14/h3-5,8,12,14-15H,6-7,9-10H2,1-2H3/t12-,14-/m0/s1. The molecule has 2 rings (SSSR count). The van der Waals surface area contributed by atoms with Gasteiger partial charge in [-0.05, 0) is 37.7 Å². The Labute approximate surface area is 92.9 Å². The van der Waals surface area contributed by atoms with Crippen molar-refractivity contribution >= 4 is 0 Å². The molecule has 0 aliphatic heterocycles. The molecule has 15 heavy (non-hydrogen) atoms. The van der Waals surface area contributed by atoms with Crippen molar-refractivity contribution in [1.82, 2.24) is 5.32 Å². The number of hydrogen-bond acceptors (Lipinski definition) is 1. The summed E-state index contributed by atoms with van der Waals surface area (Å²) < 4.78 is 0. The van der Waals surface area contributed by atoms with Gasteiger partial charge >= 0.3 is 0 Å². The Balaban J connectivity index is 1.83. The quantitative estimate of drug-likeness (QED) is 0.795. The van der Waals surface area contributed by atoms with Crippen molar-refractivity contribution in [1.29, 1.82) is 0 Å². The van der Waals surface area contributed by atoms with Crippen LogP contribution < -0.4 is 5.32 Å². The molecule has 0 unspecified atom stereocenters. The lowest BCUT2D eigenvalue weighted by Gasteiger charge is -2.12. The van der Waals surface area contributed by atoms with Gasteiger partial charge in [0.05, 0.1) is 0 Å². The molecule has 1 N–H and O–H groups in total. The molecule has 0 bridgehead atoms. The second-order valence-electron chi connectivity index (χ2n) is 4.99. The predicted molar refractivity (Wildman–Crippen MR) is 64.8 cm³/mol. The first-order valence-corrected chi connectivity index (χ1v) is 6.03. The summed E-state index contributed by atoms with van der Waals surface area (Å²) in [5.74, 6) is 0.917. The summed E-state index contributed by atoms with van der Waals surface area (Å²) in [7, 11) is 0. The molecule has 1 fully saturated rings. The smallest absolute Gasteiger partial charge is 0.0208 e. The Hall–Kier alpha value is -0.820. The average molecular weight is 203 g/mol. The van der Waals surface area contributed by atoms with E-state index in [0.29, 0.717) is 0 Å². The van der Waals surface area contributed by atoms with E-state index >= 15 is 0 Å². The molecule has 0 aromatic heterocycles. The van der Waals surface area contributed by atoms with Crippen LogP contribution in [-0.4, -0.2) is 6.04 Å². The topological polar surface area (TPSA) is 12.0 Å². The molecule has 1 nitrogen and oxygen atoms in total. The predicted octanol–water partition coefficient (Wildman–Crippen LogP) is 3.27. The maximum Gasteiger partial charge on any atom is 0.0208 e. The van der Waals surface area contributed by atoms with Gasteiger partial charge in [0.1, 0.15) is 0 Å². The van der Waals surface area contributed by atoms with Crippen LogP contribution in [0.3, 0.4) is 0 Å². The summed E-state index contributed by atoms with van der Waals surface area (Å²) >= 11 is 0. The third-order valence-corrected chi connectivity index (χ3v) is 3.37. The molecule has 1 heteroatoms. The minimum atomic E-state index is 0.750. The van der Waals surface area contributed by atoms with E-state index in [4.69, 9.17) is 0 Å². The maximum atomic E-state index is 3.66. The highest BCUT2D eigenvalue weighted by Crippen LogP contribution is 2.24. The molecule has 0 saturated heterocycles. The average Bonchev–Trinajstić information content (AvgIpc) is 2.62. The summed E-state index contributed by atoms with van der Waals surface area (Å²) in [6, 6.07) is 9.52. The fourth-order valence-electron chi connectivity index (χ4n) is 2.48. The molecule has 1 aromatic rings. The van der Waals surface area contributed by atoms with Gasteiger partial charge in [0.2, 0.25) is 0 Å². The van der Waals surface area contributed by atoms with Crippen LogP contribution in [0.5, 0.6) is 0 Å². The molecular weight excluding hydrogens is 182 g/mol. The Morgan fingerprint density at radius 1 is 1.33 bits per heavy atom. The molecule has 0 radical (unpaired) electrons. The van der Waals surface area contributed by atoms with Gasteiger partial charge in [0.15, 0.2) is 0 Å². The van der Waals surface area contributed by atoms with Crippen LogP contribution in [0.2, 0.25) is 0 Å². The molecule has 0 heterocycles. The van der Waals surface area contributed by atoms with Gasteiger partial charge in [-0.25, -0.2) is 0 Å². The number of nitrogens with one attached hydrogen (secondary N) is 1. The van der Waals surface area contributed by atoms with Crippen LogP contribution in [0.1, 0.15) is 37.3 Å². The van der Waals surface area contributed by atoms with Crippen molar-refractivity contribution in [3.8, 4) is 0 Å². The summed E-state index contributed by atoms with van der Waals surface area (Å²) in [5, 5.41) is 3.66. The molecule has 1 aromatic carbocycles. The molecule has 0 spiro atoms. The zero-order valence-electron chi connectivity index (χ0n) is 9.79. The molecule has 2 atom stereocenters. The zero-order valence-corrected chi connectivity index (χ0v) is 9.79. The molecule has 1 aliphatic rings. The fraction of sp³-hybridized carbons (Fsp3) is 0.571. The summed E-state index contributed by atoms with van der Waals surface area (Å²) in [5.41, 5.74) is 2.77. The SMILES string of the molecule is Cc1cccc(CN[C@H]2CC[C@H](C)C2)c1. The monoisotopic (exact) mass is 203 g/mol. The van der Waals surface area contributed by atoms with Gasteiger partial charge < -0.3 is 5.32 Å². The van der Waals surface area contributed by atoms with Crippen molar-refractivity contribution in [2.24, 2.45) is 5.92 Å². The third-order valence-electron chi connectivity index (χ3n) is 3.37. The first-order valence-electron chi connectivity index (χ1n) is 6.03. The van der Waals surface area contributed by atoms with Crippen LogP contribution in [-0.2, 0) is 6.54 Å². The van der Waals surface area contributed by atoms with Gasteiger partial charge in [-0.2, -0.15) is 0 Å².